The Labute approximate surface area is 100 Å². The van der Waals surface area contributed by atoms with Gasteiger partial charge in [-0.25, -0.2) is 0 Å². The summed E-state index contributed by atoms with van der Waals surface area (Å²) in [5, 5.41) is 0. The van der Waals surface area contributed by atoms with Gasteiger partial charge in [0.05, 0.1) is 30.4 Å². The lowest BCUT2D eigenvalue weighted by atomic mass is 10.1. The average Bonchev–Trinajstić information content (AvgIpc) is 2.38. The Morgan fingerprint density at radius 2 is 2.06 bits per heavy atom. The number of aryl methyl sites for hydroxylation is 1. The van der Waals surface area contributed by atoms with E-state index in [4.69, 9.17) is 10.5 Å². The van der Waals surface area contributed by atoms with Crippen LogP contribution in [-0.2, 0) is 6.54 Å². The first-order chi connectivity index (χ1) is 8.26. The summed E-state index contributed by atoms with van der Waals surface area (Å²) in [5.41, 5.74) is 8.97. The van der Waals surface area contributed by atoms with Crippen molar-refractivity contribution in [2.24, 2.45) is 5.73 Å². The molecule has 0 aliphatic rings. The van der Waals surface area contributed by atoms with Crippen LogP contribution in [0, 0.1) is 6.92 Å². The summed E-state index contributed by atoms with van der Waals surface area (Å²) in [7, 11) is 1.65. The van der Waals surface area contributed by atoms with E-state index in [1.165, 1.54) is 0 Å². The number of benzene rings is 1. The van der Waals surface area contributed by atoms with E-state index in [0.717, 1.165) is 28.4 Å². The van der Waals surface area contributed by atoms with Crippen LogP contribution >= 0.6 is 0 Å². The highest BCUT2D eigenvalue weighted by Crippen LogP contribution is 2.29. The van der Waals surface area contributed by atoms with Gasteiger partial charge in [-0.15, -0.1) is 0 Å². The first-order valence-electron chi connectivity index (χ1n) is 5.42. The van der Waals surface area contributed by atoms with Crippen molar-refractivity contribution in [1.29, 1.82) is 0 Å². The lowest BCUT2D eigenvalue weighted by Gasteiger charge is -2.10. The van der Waals surface area contributed by atoms with Crippen LogP contribution in [0.5, 0.6) is 5.75 Å². The fourth-order valence-electron chi connectivity index (χ4n) is 1.73. The van der Waals surface area contributed by atoms with Crippen molar-refractivity contribution >= 4 is 0 Å². The van der Waals surface area contributed by atoms with Gasteiger partial charge >= 0.3 is 0 Å². The Bertz CT molecular complexity index is 526. The molecular weight excluding hydrogens is 214 g/mol. The largest absolute Gasteiger partial charge is 0.496 e. The number of hydrogen-bond donors (Lipinski definition) is 1. The van der Waals surface area contributed by atoms with E-state index < -0.39 is 0 Å². The van der Waals surface area contributed by atoms with Crippen molar-refractivity contribution < 1.29 is 4.74 Å². The molecule has 0 atom stereocenters. The minimum Gasteiger partial charge on any atom is -0.496 e. The van der Waals surface area contributed by atoms with E-state index in [1.54, 1.807) is 13.3 Å². The molecule has 0 amide bonds. The smallest absolute Gasteiger partial charge is 0.128 e. The van der Waals surface area contributed by atoms with Crippen molar-refractivity contribution in [2.75, 3.05) is 7.11 Å². The van der Waals surface area contributed by atoms with Gasteiger partial charge < -0.3 is 10.5 Å². The van der Waals surface area contributed by atoms with Gasteiger partial charge in [0.2, 0.25) is 0 Å². The number of rotatable bonds is 3. The first-order valence-corrected chi connectivity index (χ1v) is 5.42. The van der Waals surface area contributed by atoms with E-state index in [0.29, 0.717) is 6.54 Å². The number of nitrogens with zero attached hydrogens (tertiary/aromatic N) is 2. The summed E-state index contributed by atoms with van der Waals surface area (Å²) in [5.74, 6) is 0.797. The van der Waals surface area contributed by atoms with Gasteiger partial charge in [-0.05, 0) is 19.1 Å². The molecule has 0 radical (unpaired) electrons. The van der Waals surface area contributed by atoms with E-state index in [9.17, 15) is 0 Å². The van der Waals surface area contributed by atoms with Crippen molar-refractivity contribution in [2.45, 2.75) is 13.5 Å². The van der Waals surface area contributed by atoms with Crippen molar-refractivity contribution in [3.63, 3.8) is 0 Å². The van der Waals surface area contributed by atoms with Crippen LogP contribution in [0.2, 0.25) is 0 Å². The third-order valence-corrected chi connectivity index (χ3v) is 2.57. The van der Waals surface area contributed by atoms with Gasteiger partial charge in [0.25, 0.3) is 0 Å². The van der Waals surface area contributed by atoms with Crippen LogP contribution in [0.4, 0.5) is 0 Å². The Balaban J connectivity index is 2.53. The van der Waals surface area contributed by atoms with Gasteiger partial charge in [-0.1, -0.05) is 12.1 Å². The SMILES string of the molecule is COc1ccccc1-c1ncc(CN)nc1C. The van der Waals surface area contributed by atoms with E-state index >= 15 is 0 Å². The topological polar surface area (TPSA) is 61.0 Å². The number of ether oxygens (including phenoxy) is 1. The van der Waals surface area contributed by atoms with Crippen LogP contribution in [0.1, 0.15) is 11.4 Å². The normalized spacial score (nSPS) is 10.3. The molecule has 1 aromatic carbocycles. The first kappa shape index (κ1) is 11.5. The zero-order chi connectivity index (χ0) is 12.3. The lowest BCUT2D eigenvalue weighted by molar-refractivity contribution is 0.416. The monoisotopic (exact) mass is 229 g/mol. The maximum Gasteiger partial charge on any atom is 0.128 e. The van der Waals surface area contributed by atoms with Crippen molar-refractivity contribution in [3.8, 4) is 17.0 Å². The maximum absolute atomic E-state index is 5.54. The molecule has 0 bridgehead atoms. The van der Waals surface area contributed by atoms with Crippen LogP contribution in [-0.4, -0.2) is 17.1 Å². The molecule has 0 saturated heterocycles. The Hall–Kier alpha value is -1.94. The second-order valence-electron chi connectivity index (χ2n) is 3.70. The molecule has 2 aromatic rings. The second-order valence-corrected chi connectivity index (χ2v) is 3.70. The molecule has 88 valence electrons. The standard InChI is InChI=1S/C13H15N3O/c1-9-13(15-8-10(7-14)16-9)11-5-3-4-6-12(11)17-2/h3-6,8H,7,14H2,1-2H3. The summed E-state index contributed by atoms with van der Waals surface area (Å²) in [4.78, 5) is 8.81. The molecule has 2 rings (SSSR count). The van der Waals surface area contributed by atoms with Gasteiger partial charge in [0.15, 0.2) is 0 Å². The number of hydrogen-bond acceptors (Lipinski definition) is 4. The molecule has 0 spiro atoms. The van der Waals surface area contributed by atoms with E-state index in [1.807, 2.05) is 31.2 Å². The molecule has 1 aromatic heterocycles. The Kier molecular flexibility index (Phi) is 3.35. The summed E-state index contributed by atoms with van der Waals surface area (Å²) in [6.07, 6.45) is 1.70. The fraction of sp³-hybridized carbons (Fsp3) is 0.231. The highest BCUT2D eigenvalue weighted by Gasteiger charge is 2.10. The minimum absolute atomic E-state index is 0.403. The molecule has 0 unspecified atom stereocenters. The van der Waals surface area contributed by atoms with Crippen molar-refractivity contribution in [3.05, 3.63) is 41.9 Å². The van der Waals surface area contributed by atoms with Crippen LogP contribution in [0.3, 0.4) is 0 Å². The van der Waals surface area contributed by atoms with Gasteiger partial charge in [0.1, 0.15) is 5.75 Å². The molecule has 0 aliphatic heterocycles. The zero-order valence-corrected chi connectivity index (χ0v) is 9.97. The highest BCUT2D eigenvalue weighted by molar-refractivity contribution is 5.68. The summed E-state index contributed by atoms with van der Waals surface area (Å²) >= 11 is 0. The number of nitrogens with two attached hydrogens (primary N) is 1. The summed E-state index contributed by atoms with van der Waals surface area (Å²) in [6.45, 7) is 2.33. The zero-order valence-electron chi connectivity index (χ0n) is 9.97. The van der Waals surface area contributed by atoms with Gasteiger partial charge in [-0.2, -0.15) is 0 Å². The lowest BCUT2D eigenvalue weighted by Crippen LogP contribution is -2.03. The Morgan fingerprint density at radius 1 is 1.29 bits per heavy atom. The van der Waals surface area contributed by atoms with Gasteiger partial charge in [-0.3, -0.25) is 9.97 Å². The Morgan fingerprint density at radius 3 is 2.71 bits per heavy atom. The second kappa shape index (κ2) is 4.93. The predicted molar refractivity (Wildman–Crippen MR) is 66.6 cm³/mol. The van der Waals surface area contributed by atoms with E-state index in [-0.39, 0.29) is 0 Å². The molecular formula is C13H15N3O. The maximum atomic E-state index is 5.54. The van der Waals surface area contributed by atoms with Gasteiger partial charge in [0, 0.05) is 12.1 Å². The minimum atomic E-state index is 0.403. The number of aromatic nitrogens is 2. The molecule has 4 nitrogen and oxygen atoms in total. The third-order valence-electron chi connectivity index (χ3n) is 2.57. The quantitative estimate of drug-likeness (QED) is 0.873. The third kappa shape index (κ3) is 2.26. The highest BCUT2D eigenvalue weighted by atomic mass is 16.5. The average molecular weight is 229 g/mol. The molecule has 0 fully saturated rings. The fourth-order valence-corrected chi connectivity index (χ4v) is 1.73. The van der Waals surface area contributed by atoms with Crippen LogP contribution < -0.4 is 10.5 Å². The number of para-hydroxylation sites is 1. The van der Waals surface area contributed by atoms with E-state index in [2.05, 4.69) is 9.97 Å². The summed E-state index contributed by atoms with van der Waals surface area (Å²) < 4.78 is 5.32. The molecule has 2 N–H and O–H groups in total. The molecule has 0 saturated carbocycles. The molecule has 1 heterocycles. The van der Waals surface area contributed by atoms with Crippen LogP contribution in [0.15, 0.2) is 30.5 Å². The molecule has 4 heteroatoms. The molecule has 17 heavy (non-hydrogen) atoms. The predicted octanol–water partition coefficient (Wildman–Crippen LogP) is 1.92. The summed E-state index contributed by atoms with van der Waals surface area (Å²) in [6, 6.07) is 7.76. The van der Waals surface area contributed by atoms with Crippen LogP contribution in [0.25, 0.3) is 11.3 Å². The molecule has 0 aliphatic carbocycles. The number of methoxy groups -OCH3 is 1. The van der Waals surface area contributed by atoms with Crippen molar-refractivity contribution in [1.82, 2.24) is 9.97 Å².